The number of benzene rings is 2. The minimum atomic E-state index is -0.858. The number of amides is 1. The molecule has 0 bridgehead atoms. The summed E-state index contributed by atoms with van der Waals surface area (Å²) in [7, 11) is 3.04. The Morgan fingerprint density at radius 1 is 1.09 bits per heavy atom. The van der Waals surface area contributed by atoms with Crippen molar-refractivity contribution in [1.29, 1.82) is 0 Å². The number of ketones is 1. The van der Waals surface area contributed by atoms with E-state index in [-0.39, 0.29) is 24.0 Å². The van der Waals surface area contributed by atoms with Crippen LogP contribution >= 0.6 is 0 Å². The van der Waals surface area contributed by atoms with Gasteiger partial charge in [-0.1, -0.05) is 6.07 Å². The third-order valence-electron chi connectivity index (χ3n) is 6.34. The van der Waals surface area contributed by atoms with Gasteiger partial charge in [-0.2, -0.15) is 0 Å². The number of hydrogen-bond acceptors (Lipinski definition) is 7. The zero-order chi connectivity index (χ0) is 24.7. The number of aliphatic hydroxyl groups excluding tert-OH is 1. The van der Waals surface area contributed by atoms with E-state index in [0.717, 1.165) is 11.3 Å². The van der Waals surface area contributed by atoms with Crippen LogP contribution in [0, 0.1) is 0 Å². The highest BCUT2D eigenvalue weighted by Gasteiger charge is 2.46. The number of furan rings is 1. The lowest BCUT2D eigenvalue weighted by atomic mass is 9.94. The summed E-state index contributed by atoms with van der Waals surface area (Å²) in [4.78, 5) is 27.9. The van der Waals surface area contributed by atoms with Crippen molar-refractivity contribution >= 4 is 17.4 Å². The van der Waals surface area contributed by atoms with Crippen molar-refractivity contribution in [2.45, 2.75) is 32.0 Å². The van der Waals surface area contributed by atoms with E-state index in [9.17, 15) is 14.7 Å². The van der Waals surface area contributed by atoms with Crippen molar-refractivity contribution in [1.82, 2.24) is 4.90 Å². The SMILES string of the molecule is COc1ccc([C@H]2C(=C(O)c3ccc4c(c3)C[C@H](C)O4)C(=O)C(=O)N2Cc2ccco2)cc1OC. The van der Waals surface area contributed by atoms with Crippen LogP contribution in [0.5, 0.6) is 17.2 Å². The Kier molecular flexibility index (Phi) is 5.72. The number of carbonyl (C=O) groups excluding carboxylic acids is 2. The Morgan fingerprint density at radius 2 is 1.89 bits per heavy atom. The van der Waals surface area contributed by atoms with Gasteiger partial charge < -0.3 is 28.6 Å². The van der Waals surface area contributed by atoms with Gasteiger partial charge in [0.15, 0.2) is 11.5 Å². The average molecular weight is 475 g/mol. The van der Waals surface area contributed by atoms with Crippen LogP contribution < -0.4 is 14.2 Å². The lowest BCUT2D eigenvalue weighted by molar-refractivity contribution is -0.140. The second-order valence-corrected chi connectivity index (χ2v) is 8.58. The van der Waals surface area contributed by atoms with Crippen molar-refractivity contribution in [2.24, 2.45) is 0 Å². The van der Waals surface area contributed by atoms with Crippen molar-refractivity contribution in [3.05, 3.63) is 82.8 Å². The van der Waals surface area contributed by atoms with Gasteiger partial charge in [-0.15, -0.1) is 0 Å². The number of hydrogen-bond donors (Lipinski definition) is 1. The number of aliphatic hydroxyl groups is 1. The number of likely N-dealkylation sites (tertiary alicyclic amines) is 1. The zero-order valence-corrected chi connectivity index (χ0v) is 19.6. The van der Waals surface area contributed by atoms with E-state index in [0.29, 0.717) is 34.8 Å². The number of rotatable bonds is 6. The molecule has 2 aliphatic heterocycles. The summed E-state index contributed by atoms with van der Waals surface area (Å²) >= 11 is 0. The van der Waals surface area contributed by atoms with Crippen molar-refractivity contribution < 1.29 is 33.3 Å². The monoisotopic (exact) mass is 475 g/mol. The molecule has 1 aromatic heterocycles. The molecule has 5 rings (SSSR count). The van der Waals surface area contributed by atoms with Gasteiger partial charge in [0.1, 0.15) is 23.4 Å². The quantitative estimate of drug-likeness (QED) is 0.323. The zero-order valence-electron chi connectivity index (χ0n) is 19.6. The Labute approximate surface area is 202 Å². The second-order valence-electron chi connectivity index (χ2n) is 8.58. The van der Waals surface area contributed by atoms with Gasteiger partial charge >= 0.3 is 0 Å². The van der Waals surface area contributed by atoms with Gasteiger partial charge in [-0.3, -0.25) is 9.59 Å². The first-order chi connectivity index (χ1) is 16.9. The van der Waals surface area contributed by atoms with Gasteiger partial charge in [-0.25, -0.2) is 0 Å². The van der Waals surface area contributed by atoms with Gasteiger partial charge in [0.2, 0.25) is 0 Å². The molecule has 1 N–H and O–H groups in total. The molecule has 180 valence electrons. The molecular formula is C27H25NO7. The Hall–Kier alpha value is -4.20. The highest BCUT2D eigenvalue weighted by molar-refractivity contribution is 6.46. The van der Waals surface area contributed by atoms with Gasteiger partial charge in [0.05, 0.1) is 38.6 Å². The Bertz CT molecular complexity index is 1330. The van der Waals surface area contributed by atoms with Gasteiger partial charge in [0.25, 0.3) is 11.7 Å². The van der Waals surface area contributed by atoms with E-state index in [1.807, 2.05) is 6.92 Å². The molecule has 8 nitrogen and oxygen atoms in total. The number of Topliss-reactive ketones (excluding diaryl/α,β-unsaturated/α-hetero) is 1. The molecule has 0 aliphatic carbocycles. The highest BCUT2D eigenvalue weighted by atomic mass is 16.5. The standard InChI is InChI=1S/C27H25NO7/c1-15-11-18-12-17(7-8-20(18)35-15)25(29)23-24(16-6-9-21(32-2)22(13-16)33-3)28(27(31)26(23)30)14-19-5-4-10-34-19/h4-10,12-13,15,24,29H,11,14H2,1-3H3/t15-,24-/m0/s1. The molecule has 2 aliphatic rings. The minimum Gasteiger partial charge on any atom is -0.507 e. The maximum absolute atomic E-state index is 13.3. The molecule has 0 unspecified atom stereocenters. The lowest BCUT2D eigenvalue weighted by Gasteiger charge is -2.25. The summed E-state index contributed by atoms with van der Waals surface area (Å²) in [6.07, 6.45) is 2.24. The number of methoxy groups -OCH3 is 2. The summed E-state index contributed by atoms with van der Waals surface area (Å²) in [5.74, 6) is 0.487. The van der Waals surface area contributed by atoms with Crippen molar-refractivity contribution in [3.63, 3.8) is 0 Å². The fourth-order valence-electron chi connectivity index (χ4n) is 4.71. The molecule has 2 atom stereocenters. The van der Waals surface area contributed by atoms with E-state index >= 15 is 0 Å². The molecule has 0 spiro atoms. The van der Waals surface area contributed by atoms with Crippen LogP contribution in [-0.4, -0.2) is 42.0 Å². The molecular weight excluding hydrogens is 450 g/mol. The topological polar surface area (TPSA) is 98.4 Å². The Morgan fingerprint density at radius 3 is 2.60 bits per heavy atom. The van der Waals surface area contributed by atoms with Gasteiger partial charge in [0, 0.05) is 12.0 Å². The third kappa shape index (κ3) is 3.90. The normalized spacial score (nSPS) is 20.6. The number of carbonyl (C=O) groups is 2. The average Bonchev–Trinajstić information content (AvgIpc) is 3.57. The number of nitrogens with zero attached hydrogens (tertiary/aromatic N) is 1. The second kappa shape index (κ2) is 8.87. The highest BCUT2D eigenvalue weighted by Crippen LogP contribution is 2.43. The van der Waals surface area contributed by atoms with Crippen molar-refractivity contribution in [3.8, 4) is 17.2 Å². The predicted octanol–water partition coefficient (Wildman–Crippen LogP) is 4.24. The first-order valence-corrected chi connectivity index (χ1v) is 11.2. The summed E-state index contributed by atoms with van der Waals surface area (Å²) in [5.41, 5.74) is 1.98. The van der Waals surface area contributed by atoms with Crippen LogP contribution in [0.2, 0.25) is 0 Å². The largest absolute Gasteiger partial charge is 0.507 e. The van der Waals surface area contributed by atoms with Crippen molar-refractivity contribution in [2.75, 3.05) is 14.2 Å². The van der Waals surface area contributed by atoms with E-state index < -0.39 is 17.7 Å². The smallest absolute Gasteiger partial charge is 0.296 e. The fraction of sp³-hybridized carbons (Fsp3) is 0.259. The van der Waals surface area contributed by atoms with Gasteiger partial charge in [-0.05, 0) is 60.5 Å². The van der Waals surface area contributed by atoms with Crippen LogP contribution in [0.4, 0.5) is 0 Å². The Balaban J connectivity index is 1.65. The fourth-order valence-corrected chi connectivity index (χ4v) is 4.71. The molecule has 1 saturated heterocycles. The molecule has 1 amide bonds. The van der Waals surface area contributed by atoms with Crippen LogP contribution in [-0.2, 0) is 22.6 Å². The molecule has 0 radical (unpaired) electrons. The van der Waals surface area contributed by atoms with Crippen LogP contribution in [0.25, 0.3) is 5.76 Å². The van der Waals surface area contributed by atoms with E-state index in [1.54, 1.807) is 48.5 Å². The summed E-state index contributed by atoms with van der Waals surface area (Å²) in [5, 5.41) is 11.4. The van der Waals surface area contributed by atoms with E-state index in [1.165, 1.54) is 25.4 Å². The molecule has 8 heteroatoms. The van der Waals surface area contributed by atoms with E-state index in [4.69, 9.17) is 18.6 Å². The molecule has 2 aromatic carbocycles. The summed E-state index contributed by atoms with van der Waals surface area (Å²) in [6.45, 7) is 2.03. The number of fused-ring (bicyclic) bond motifs is 1. The number of ether oxygens (including phenoxy) is 3. The van der Waals surface area contributed by atoms with Crippen LogP contribution in [0.1, 0.15) is 35.4 Å². The third-order valence-corrected chi connectivity index (χ3v) is 6.34. The molecule has 3 aromatic rings. The molecule has 3 heterocycles. The maximum Gasteiger partial charge on any atom is 0.296 e. The predicted molar refractivity (Wildman–Crippen MR) is 126 cm³/mol. The molecule has 0 saturated carbocycles. The van der Waals surface area contributed by atoms with Crippen LogP contribution in [0.15, 0.2) is 64.8 Å². The van der Waals surface area contributed by atoms with E-state index in [2.05, 4.69) is 0 Å². The first kappa shape index (κ1) is 22.6. The minimum absolute atomic E-state index is 0.000639. The summed E-state index contributed by atoms with van der Waals surface area (Å²) in [6, 6.07) is 13.0. The maximum atomic E-state index is 13.3. The first-order valence-electron chi connectivity index (χ1n) is 11.2. The molecule has 35 heavy (non-hydrogen) atoms. The lowest BCUT2D eigenvalue weighted by Crippen LogP contribution is -2.29. The summed E-state index contributed by atoms with van der Waals surface area (Å²) < 4.78 is 22.0. The van der Waals surface area contributed by atoms with Crippen LogP contribution in [0.3, 0.4) is 0 Å². The molecule has 1 fully saturated rings.